The maximum Gasteiger partial charge on any atom is 0.338 e. The van der Waals surface area contributed by atoms with E-state index in [1.165, 1.54) is 12.3 Å². The molecule has 0 atom stereocenters. The van der Waals surface area contributed by atoms with Crippen molar-refractivity contribution in [2.75, 3.05) is 25.1 Å². The Morgan fingerprint density at radius 3 is 2.79 bits per heavy atom. The van der Waals surface area contributed by atoms with Crippen molar-refractivity contribution in [1.29, 1.82) is 0 Å². The van der Waals surface area contributed by atoms with Crippen molar-refractivity contribution in [1.82, 2.24) is 4.98 Å². The first kappa shape index (κ1) is 16.1. The van der Waals surface area contributed by atoms with Crippen LogP contribution in [0.4, 0.5) is 5.69 Å². The summed E-state index contributed by atoms with van der Waals surface area (Å²) in [6, 6.07) is 7.91. The van der Waals surface area contributed by atoms with E-state index in [-0.39, 0.29) is 10.7 Å². The normalized spacial score (nSPS) is 12.4. The number of pyridine rings is 1. The number of aromatic nitrogens is 1. The lowest BCUT2D eigenvalue weighted by molar-refractivity contribution is -0.119. The lowest BCUT2D eigenvalue weighted by atomic mass is 10.2. The molecule has 3 rings (SSSR count). The maximum atomic E-state index is 12.0. The van der Waals surface area contributed by atoms with E-state index in [0.717, 1.165) is 0 Å². The minimum absolute atomic E-state index is 0.156. The summed E-state index contributed by atoms with van der Waals surface area (Å²) in [5.74, 6) is -0.112. The van der Waals surface area contributed by atoms with Gasteiger partial charge in [-0.1, -0.05) is 11.6 Å². The molecule has 1 amide bonds. The summed E-state index contributed by atoms with van der Waals surface area (Å²) >= 11 is 5.84. The molecule has 1 N–H and O–H groups in total. The fraction of sp³-hybridized carbons (Fsp3) is 0.188. The summed E-state index contributed by atoms with van der Waals surface area (Å²) in [5, 5.41) is 2.67. The zero-order chi connectivity index (χ0) is 16.9. The molecule has 1 aliphatic rings. The fourth-order valence-corrected chi connectivity index (χ4v) is 2.22. The van der Waals surface area contributed by atoms with Gasteiger partial charge in [-0.25, -0.2) is 9.78 Å². The van der Waals surface area contributed by atoms with Crippen LogP contribution in [-0.2, 0) is 9.53 Å². The summed E-state index contributed by atoms with van der Waals surface area (Å²) in [5.41, 5.74) is 0.617. The third kappa shape index (κ3) is 3.75. The fourth-order valence-electron chi connectivity index (χ4n) is 2.05. The minimum Gasteiger partial charge on any atom is -0.486 e. The Kier molecular flexibility index (Phi) is 4.81. The minimum atomic E-state index is -0.639. The molecule has 0 radical (unpaired) electrons. The molecule has 8 heteroatoms. The summed E-state index contributed by atoms with van der Waals surface area (Å²) in [7, 11) is 0. The number of ether oxygens (including phenoxy) is 3. The molecule has 1 aliphatic heterocycles. The molecule has 7 nitrogen and oxygen atoms in total. The molecule has 0 bridgehead atoms. The van der Waals surface area contributed by atoms with E-state index in [1.54, 1.807) is 24.3 Å². The van der Waals surface area contributed by atoms with Crippen LogP contribution < -0.4 is 14.8 Å². The van der Waals surface area contributed by atoms with Gasteiger partial charge < -0.3 is 19.5 Å². The van der Waals surface area contributed by atoms with Crippen LogP contribution >= 0.6 is 11.6 Å². The van der Waals surface area contributed by atoms with Gasteiger partial charge in [-0.3, -0.25) is 4.79 Å². The summed E-state index contributed by atoms with van der Waals surface area (Å²) in [6.07, 6.45) is 1.50. The topological polar surface area (TPSA) is 86.8 Å². The molecule has 1 aromatic heterocycles. The molecular weight excluding hydrogens is 336 g/mol. The lowest BCUT2D eigenvalue weighted by Gasteiger charge is -2.18. The van der Waals surface area contributed by atoms with E-state index in [1.807, 2.05) is 0 Å². The van der Waals surface area contributed by atoms with Crippen LogP contribution in [0.5, 0.6) is 11.5 Å². The Balaban J connectivity index is 1.57. The zero-order valence-electron chi connectivity index (χ0n) is 12.5. The molecule has 0 fully saturated rings. The van der Waals surface area contributed by atoms with Crippen LogP contribution in [-0.4, -0.2) is 36.7 Å². The van der Waals surface area contributed by atoms with Gasteiger partial charge in [0.25, 0.3) is 5.91 Å². The first-order valence-electron chi connectivity index (χ1n) is 7.10. The molecular formula is C16H13ClN2O5. The van der Waals surface area contributed by atoms with Crippen molar-refractivity contribution in [2.45, 2.75) is 0 Å². The number of carbonyl (C=O) groups is 2. The van der Waals surface area contributed by atoms with Gasteiger partial charge in [0.1, 0.15) is 13.2 Å². The summed E-state index contributed by atoms with van der Waals surface area (Å²) in [6.45, 7) is 0.437. The number of anilines is 1. The number of hydrogen-bond donors (Lipinski definition) is 1. The Morgan fingerprint density at radius 1 is 1.21 bits per heavy atom. The van der Waals surface area contributed by atoms with Gasteiger partial charge in [-0.2, -0.15) is 0 Å². The second-order valence-corrected chi connectivity index (χ2v) is 5.18. The molecule has 2 aromatic rings. The third-order valence-electron chi connectivity index (χ3n) is 3.15. The van der Waals surface area contributed by atoms with E-state index in [4.69, 9.17) is 25.8 Å². The zero-order valence-corrected chi connectivity index (χ0v) is 13.2. The van der Waals surface area contributed by atoms with Gasteiger partial charge in [-0.15, -0.1) is 0 Å². The molecule has 0 aliphatic carbocycles. The number of nitrogens with one attached hydrogen (secondary N) is 1. The molecule has 1 aromatic carbocycles. The number of carbonyl (C=O) groups excluding carboxylic acids is 2. The SMILES string of the molecule is O=C(COC(=O)c1ccc2c(c1)OCCO2)Nc1cccnc1Cl. The predicted molar refractivity (Wildman–Crippen MR) is 85.6 cm³/mol. The van der Waals surface area contributed by atoms with Crippen molar-refractivity contribution in [3.63, 3.8) is 0 Å². The summed E-state index contributed by atoms with van der Waals surface area (Å²) in [4.78, 5) is 27.7. The molecule has 0 saturated carbocycles. The number of rotatable bonds is 4. The van der Waals surface area contributed by atoms with Gasteiger partial charge in [0, 0.05) is 6.20 Å². The number of amides is 1. The molecule has 0 unspecified atom stereocenters. The van der Waals surface area contributed by atoms with Gasteiger partial charge in [0.2, 0.25) is 0 Å². The average Bonchev–Trinajstić information content (AvgIpc) is 2.61. The van der Waals surface area contributed by atoms with E-state index < -0.39 is 18.5 Å². The highest BCUT2D eigenvalue weighted by Gasteiger charge is 2.17. The van der Waals surface area contributed by atoms with E-state index in [0.29, 0.717) is 30.4 Å². The van der Waals surface area contributed by atoms with Crippen molar-refractivity contribution in [2.24, 2.45) is 0 Å². The predicted octanol–water partition coefficient (Wildman–Crippen LogP) is 2.30. The highest BCUT2D eigenvalue weighted by atomic mass is 35.5. The summed E-state index contributed by atoms with van der Waals surface area (Å²) < 4.78 is 15.8. The molecule has 24 heavy (non-hydrogen) atoms. The number of esters is 1. The second-order valence-electron chi connectivity index (χ2n) is 4.82. The van der Waals surface area contributed by atoms with Crippen LogP contribution in [0.25, 0.3) is 0 Å². The van der Waals surface area contributed by atoms with Crippen molar-refractivity contribution in [3.05, 3.63) is 47.2 Å². The van der Waals surface area contributed by atoms with Crippen molar-refractivity contribution < 1.29 is 23.8 Å². The van der Waals surface area contributed by atoms with Gasteiger partial charge in [0.05, 0.1) is 11.3 Å². The number of nitrogens with zero attached hydrogens (tertiary/aromatic N) is 1. The largest absolute Gasteiger partial charge is 0.486 e. The van der Waals surface area contributed by atoms with Crippen LogP contribution in [0.1, 0.15) is 10.4 Å². The second kappa shape index (κ2) is 7.18. The Morgan fingerprint density at radius 2 is 2.00 bits per heavy atom. The maximum absolute atomic E-state index is 12.0. The Bertz CT molecular complexity index is 781. The first-order chi connectivity index (χ1) is 11.6. The Labute approximate surface area is 142 Å². The molecule has 0 spiro atoms. The number of hydrogen-bond acceptors (Lipinski definition) is 6. The van der Waals surface area contributed by atoms with Crippen LogP contribution in [0.3, 0.4) is 0 Å². The quantitative estimate of drug-likeness (QED) is 0.674. The van der Waals surface area contributed by atoms with E-state index in [2.05, 4.69) is 10.3 Å². The highest BCUT2D eigenvalue weighted by Crippen LogP contribution is 2.30. The number of fused-ring (bicyclic) bond motifs is 1. The highest BCUT2D eigenvalue weighted by molar-refractivity contribution is 6.32. The van der Waals surface area contributed by atoms with Crippen LogP contribution in [0.2, 0.25) is 5.15 Å². The van der Waals surface area contributed by atoms with Crippen LogP contribution in [0.15, 0.2) is 36.5 Å². The molecule has 2 heterocycles. The van der Waals surface area contributed by atoms with Crippen LogP contribution in [0, 0.1) is 0 Å². The number of benzene rings is 1. The van der Waals surface area contributed by atoms with E-state index in [9.17, 15) is 9.59 Å². The standard InChI is InChI=1S/C16H13ClN2O5/c17-15-11(2-1-5-18-15)19-14(20)9-24-16(21)10-3-4-12-13(8-10)23-7-6-22-12/h1-5,8H,6-7,9H2,(H,19,20). The van der Waals surface area contributed by atoms with Gasteiger partial charge in [-0.05, 0) is 30.3 Å². The van der Waals surface area contributed by atoms with Gasteiger partial charge >= 0.3 is 5.97 Å². The average molecular weight is 349 g/mol. The third-order valence-corrected chi connectivity index (χ3v) is 3.45. The van der Waals surface area contributed by atoms with Gasteiger partial charge in [0.15, 0.2) is 23.3 Å². The molecule has 0 saturated heterocycles. The van der Waals surface area contributed by atoms with Crippen molar-refractivity contribution >= 4 is 29.2 Å². The smallest absolute Gasteiger partial charge is 0.338 e. The first-order valence-corrected chi connectivity index (χ1v) is 7.48. The monoisotopic (exact) mass is 348 g/mol. The molecule has 124 valence electrons. The Hall–Kier alpha value is -2.80. The van der Waals surface area contributed by atoms with Crippen molar-refractivity contribution in [3.8, 4) is 11.5 Å². The lowest BCUT2D eigenvalue weighted by Crippen LogP contribution is -2.21. The number of halogens is 1. The van der Waals surface area contributed by atoms with E-state index >= 15 is 0 Å².